The number of nitrogens with one attached hydrogen (secondary N) is 1. The Kier molecular flexibility index (Phi) is 8.07. The lowest BCUT2D eigenvalue weighted by Crippen LogP contribution is -2.48. The topological polar surface area (TPSA) is 52.5 Å². The van der Waals surface area contributed by atoms with Crippen molar-refractivity contribution in [2.45, 2.75) is 76.4 Å². The molecule has 3 nitrogen and oxygen atoms in total. The lowest BCUT2D eigenvalue weighted by molar-refractivity contribution is 0.105. The first-order valence-electron chi connectivity index (χ1n) is 11.7. The van der Waals surface area contributed by atoms with Gasteiger partial charge in [-0.1, -0.05) is 45.0 Å². The molecule has 0 spiro atoms. The van der Waals surface area contributed by atoms with Crippen LogP contribution in [0.4, 0.5) is 8.78 Å². The molecule has 0 saturated heterocycles. The second-order valence-electron chi connectivity index (χ2n) is 10.4. The Morgan fingerprint density at radius 3 is 2.31 bits per heavy atom. The minimum Gasteiger partial charge on any atom is -0.396 e. The maximum Gasteiger partial charge on any atom is 0.126 e. The first-order valence-corrected chi connectivity index (χ1v) is 11.7. The van der Waals surface area contributed by atoms with E-state index in [1.807, 2.05) is 0 Å². The second kappa shape index (κ2) is 10.4. The molecule has 2 aromatic carbocycles. The van der Waals surface area contributed by atoms with Crippen molar-refractivity contribution in [2.75, 3.05) is 13.2 Å². The Morgan fingerprint density at radius 2 is 1.72 bits per heavy atom. The fraction of sp³-hybridized carbons (Fsp3) is 0.556. The summed E-state index contributed by atoms with van der Waals surface area (Å²) in [5.74, 6) is -0.861. The van der Waals surface area contributed by atoms with E-state index in [9.17, 15) is 19.0 Å². The van der Waals surface area contributed by atoms with Crippen molar-refractivity contribution < 1.29 is 19.0 Å². The first kappa shape index (κ1) is 24.8. The van der Waals surface area contributed by atoms with Gasteiger partial charge in [0.25, 0.3) is 0 Å². The summed E-state index contributed by atoms with van der Waals surface area (Å²) in [6.07, 6.45) is 3.87. The summed E-state index contributed by atoms with van der Waals surface area (Å²) in [5.41, 5.74) is 2.84. The standard InChI is InChI=1S/C27H37F2NO2/c1-26(2,3)21-5-4-6-22(15-21)27(11-9-19(18-31)10-12-27)30-17-25(32)8-7-20-13-23(28)16-24(29)14-20/h4-6,13-16,19,25,30-32H,7-12,17-18H2,1-3H3/t19?,25-,27?/m0/s1. The largest absolute Gasteiger partial charge is 0.396 e. The second-order valence-corrected chi connectivity index (χ2v) is 10.4. The van der Waals surface area contributed by atoms with Crippen LogP contribution in [0.2, 0.25) is 0 Å². The van der Waals surface area contributed by atoms with E-state index in [0.29, 0.717) is 30.9 Å². The van der Waals surface area contributed by atoms with Gasteiger partial charge in [-0.3, -0.25) is 0 Å². The Balaban J connectivity index is 1.71. The highest BCUT2D eigenvalue weighted by Gasteiger charge is 2.37. The lowest BCUT2D eigenvalue weighted by Gasteiger charge is -2.42. The van der Waals surface area contributed by atoms with Crippen LogP contribution in [0.1, 0.15) is 69.6 Å². The average molecular weight is 446 g/mol. The summed E-state index contributed by atoms with van der Waals surface area (Å²) in [5, 5.41) is 23.9. The Hall–Kier alpha value is -1.82. The van der Waals surface area contributed by atoms with Crippen molar-refractivity contribution in [1.29, 1.82) is 0 Å². The van der Waals surface area contributed by atoms with Crippen LogP contribution in [0.3, 0.4) is 0 Å². The Bertz CT molecular complexity index is 865. The number of hydrogen-bond donors (Lipinski definition) is 3. The zero-order chi connectivity index (χ0) is 23.4. The third-order valence-electron chi connectivity index (χ3n) is 6.86. The predicted molar refractivity (Wildman–Crippen MR) is 125 cm³/mol. The molecule has 1 aliphatic rings. The van der Waals surface area contributed by atoms with Crippen molar-refractivity contribution in [3.8, 4) is 0 Å². The number of rotatable bonds is 8. The van der Waals surface area contributed by atoms with Gasteiger partial charge in [-0.05, 0) is 78.7 Å². The van der Waals surface area contributed by atoms with Crippen LogP contribution in [-0.4, -0.2) is 29.5 Å². The van der Waals surface area contributed by atoms with E-state index in [0.717, 1.165) is 31.7 Å². The molecule has 32 heavy (non-hydrogen) atoms. The van der Waals surface area contributed by atoms with Crippen molar-refractivity contribution in [3.05, 3.63) is 70.8 Å². The monoisotopic (exact) mass is 445 g/mol. The molecule has 0 aromatic heterocycles. The van der Waals surface area contributed by atoms with E-state index in [2.05, 4.69) is 50.4 Å². The number of aryl methyl sites for hydroxylation is 1. The molecule has 0 heterocycles. The van der Waals surface area contributed by atoms with Crippen LogP contribution in [0.15, 0.2) is 42.5 Å². The third-order valence-corrected chi connectivity index (χ3v) is 6.86. The fourth-order valence-electron chi connectivity index (χ4n) is 4.71. The van der Waals surface area contributed by atoms with E-state index >= 15 is 0 Å². The van der Waals surface area contributed by atoms with Crippen LogP contribution in [0.5, 0.6) is 0 Å². The summed E-state index contributed by atoms with van der Waals surface area (Å²) in [7, 11) is 0. The summed E-state index contributed by atoms with van der Waals surface area (Å²) in [4.78, 5) is 0. The van der Waals surface area contributed by atoms with Gasteiger partial charge in [-0.2, -0.15) is 0 Å². The van der Waals surface area contributed by atoms with Gasteiger partial charge in [0.15, 0.2) is 0 Å². The molecular formula is C27H37F2NO2. The number of aliphatic hydroxyl groups excluding tert-OH is 2. The summed E-state index contributed by atoms with van der Waals surface area (Å²) in [6.45, 7) is 7.22. The zero-order valence-electron chi connectivity index (χ0n) is 19.5. The van der Waals surface area contributed by atoms with Gasteiger partial charge in [0, 0.05) is 24.8 Å². The molecule has 1 saturated carbocycles. The van der Waals surface area contributed by atoms with Crippen LogP contribution >= 0.6 is 0 Å². The highest BCUT2D eigenvalue weighted by molar-refractivity contribution is 5.34. The minimum absolute atomic E-state index is 0.0409. The van der Waals surface area contributed by atoms with Gasteiger partial charge in [0.1, 0.15) is 11.6 Å². The normalized spacial score (nSPS) is 22.7. The molecule has 1 aliphatic carbocycles. The molecule has 2 aromatic rings. The molecular weight excluding hydrogens is 408 g/mol. The molecule has 5 heteroatoms. The van der Waals surface area contributed by atoms with Gasteiger partial charge in [0.05, 0.1) is 6.10 Å². The van der Waals surface area contributed by atoms with Crippen molar-refractivity contribution >= 4 is 0 Å². The molecule has 1 fully saturated rings. The minimum atomic E-state index is -0.625. The quantitative estimate of drug-likeness (QED) is 0.522. The van der Waals surface area contributed by atoms with E-state index in [1.165, 1.54) is 23.3 Å². The molecule has 1 atom stereocenters. The van der Waals surface area contributed by atoms with E-state index in [1.54, 1.807) is 0 Å². The molecule has 0 radical (unpaired) electrons. The lowest BCUT2D eigenvalue weighted by atomic mass is 9.71. The zero-order valence-corrected chi connectivity index (χ0v) is 19.5. The van der Waals surface area contributed by atoms with Crippen molar-refractivity contribution in [2.24, 2.45) is 5.92 Å². The van der Waals surface area contributed by atoms with Crippen LogP contribution < -0.4 is 5.32 Å². The smallest absolute Gasteiger partial charge is 0.126 e. The maximum absolute atomic E-state index is 13.4. The van der Waals surface area contributed by atoms with Crippen LogP contribution in [0.25, 0.3) is 0 Å². The van der Waals surface area contributed by atoms with Crippen molar-refractivity contribution in [3.63, 3.8) is 0 Å². The molecule has 0 unspecified atom stereocenters. The maximum atomic E-state index is 13.4. The first-order chi connectivity index (χ1) is 15.1. The summed E-state index contributed by atoms with van der Waals surface area (Å²) >= 11 is 0. The van der Waals surface area contributed by atoms with Gasteiger partial charge in [0.2, 0.25) is 0 Å². The highest BCUT2D eigenvalue weighted by atomic mass is 19.1. The average Bonchev–Trinajstić information content (AvgIpc) is 2.75. The summed E-state index contributed by atoms with van der Waals surface area (Å²) in [6, 6.07) is 12.2. The number of halogens is 2. The number of hydrogen-bond acceptors (Lipinski definition) is 3. The molecule has 3 rings (SSSR count). The van der Waals surface area contributed by atoms with E-state index in [4.69, 9.17) is 0 Å². The van der Waals surface area contributed by atoms with E-state index < -0.39 is 17.7 Å². The predicted octanol–water partition coefficient (Wildman–Crippen LogP) is 5.22. The van der Waals surface area contributed by atoms with Crippen LogP contribution in [-0.2, 0) is 17.4 Å². The molecule has 176 valence electrons. The Labute approximate surface area is 190 Å². The molecule has 0 bridgehead atoms. The van der Waals surface area contributed by atoms with Crippen LogP contribution in [0, 0.1) is 17.6 Å². The SMILES string of the molecule is CC(C)(C)c1cccc(C2(NC[C@@H](O)CCc3cc(F)cc(F)c3)CCC(CO)CC2)c1. The fourth-order valence-corrected chi connectivity index (χ4v) is 4.71. The Morgan fingerprint density at radius 1 is 1.06 bits per heavy atom. The summed E-state index contributed by atoms with van der Waals surface area (Å²) < 4.78 is 26.9. The van der Waals surface area contributed by atoms with Crippen molar-refractivity contribution in [1.82, 2.24) is 5.32 Å². The molecule has 3 N–H and O–H groups in total. The van der Waals surface area contributed by atoms with Gasteiger partial charge in [-0.15, -0.1) is 0 Å². The van der Waals surface area contributed by atoms with Gasteiger partial charge >= 0.3 is 0 Å². The van der Waals surface area contributed by atoms with E-state index in [-0.39, 0.29) is 17.6 Å². The molecule has 0 aliphatic heterocycles. The number of benzene rings is 2. The molecule has 0 amide bonds. The highest BCUT2D eigenvalue weighted by Crippen LogP contribution is 2.40. The third kappa shape index (κ3) is 6.37. The number of aliphatic hydroxyl groups is 2. The van der Waals surface area contributed by atoms with Gasteiger partial charge < -0.3 is 15.5 Å². The van der Waals surface area contributed by atoms with Gasteiger partial charge in [-0.25, -0.2) is 8.78 Å².